The lowest BCUT2D eigenvalue weighted by Crippen LogP contribution is -2.13. The molecule has 15 heavy (non-hydrogen) atoms. The van der Waals surface area contributed by atoms with Crippen molar-refractivity contribution in [3.05, 3.63) is 52.0 Å². The summed E-state index contributed by atoms with van der Waals surface area (Å²) < 4.78 is 0. The fourth-order valence-corrected chi connectivity index (χ4v) is 2.75. The molecule has 0 saturated carbocycles. The summed E-state index contributed by atoms with van der Waals surface area (Å²) in [6, 6.07) is 9.12. The van der Waals surface area contributed by atoms with Crippen molar-refractivity contribution >= 4 is 11.3 Å². The molecule has 2 nitrogen and oxygen atoms in total. The van der Waals surface area contributed by atoms with Gasteiger partial charge in [0.1, 0.15) is 0 Å². The third-order valence-electron chi connectivity index (χ3n) is 2.86. The van der Waals surface area contributed by atoms with Crippen LogP contribution in [0.1, 0.15) is 22.0 Å². The molecule has 3 rings (SSSR count). The lowest BCUT2D eigenvalue weighted by molar-refractivity contribution is 0.584. The molecule has 1 unspecified atom stereocenters. The van der Waals surface area contributed by atoms with E-state index in [9.17, 15) is 0 Å². The molecule has 0 aliphatic carbocycles. The summed E-state index contributed by atoms with van der Waals surface area (Å²) >= 11 is 1.73. The number of hydrogen-bond donors (Lipinski definition) is 1. The van der Waals surface area contributed by atoms with Crippen molar-refractivity contribution in [1.29, 1.82) is 0 Å². The van der Waals surface area contributed by atoms with Gasteiger partial charge in [0, 0.05) is 30.1 Å². The summed E-state index contributed by atoms with van der Waals surface area (Å²) in [5, 5.41) is 3.54. The Balaban J connectivity index is 1.85. The molecule has 0 radical (unpaired) electrons. The van der Waals surface area contributed by atoms with Gasteiger partial charge in [0.15, 0.2) is 0 Å². The summed E-state index contributed by atoms with van der Waals surface area (Å²) in [7, 11) is 0. The highest BCUT2D eigenvalue weighted by Gasteiger charge is 2.21. The van der Waals surface area contributed by atoms with E-state index in [1.807, 2.05) is 11.7 Å². The molecule has 1 N–H and O–H groups in total. The minimum atomic E-state index is 0.474. The topological polar surface area (TPSA) is 24.9 Å². The first-order valence-electron chi connectivity index (χ1n) is 5.12. The van der Waals surface area contributed by atoms with E-state index in [1.165, 1.54) is 16.0 Å². The maximum atomic E-state index is 4.11. The fraction of sp³-hybridized carbons (Fsp3) is 0.250. The van der Waals surface area contributed by atoms with Crippen LogP contribution in [0.15, 0.2) is 36.0 Å². The van der Waals surface area contributed by atoms with Gasteiger partial charge in [0.25, 0.3) is 0 Å². The third kappa shape index (κ3) is 1.68. The predicted molar refractivity (Wildman–Crippen MR) is 61.8 cm³/mol. The average Bonchev–Trinajstić information content (AvgIpc) is 2.89. The van der Waals surface area contributed by atoms with Crippen molar-refractivity contribution in [3.8, 4) is 0 Å². The molecule has 76 valence electrons. The predicted octanol–water partition coefficient (Wildman–Crippen LogP) is 2.53. The fourth-order valence-electron chi connectivity index (χ4n) is 2.10. The molecule has 3 heteroatoms. The first kappa shape index (κ1) is 9.07. The Labute approximate surface area is 93.0 Å². The van der Waals surface area contributed by atoms with Crippen molar-refractivity contribution in [2.24, 2.45) is 0 Å². The van der Waals surface area contributed by atoms with Gasteiger partial charge in [-0.15, -0.1) is 11.3 Å². The van der Waals surface area contributed by atoms with E-state index in [2.05, 4.69) is 34.6 Å². The van der Waals surface area contributed by atoms with Gasteiger partial charge in [-0.1, -0.05) is 24.3 Å². The molecular formula is C12H12N2S. The molecule has 1 aliphatic heterocycles. The van der Waals surface area contributed by atoms with E-state index < -0.39 is 0 Å². The summed E-state index contributed by atoms with van der Waals surface area (Å²) in [5.74, 6) is 0. The van der Waals surface area contributed by atoms with E-state index in [-0.39, 0.29) is 0 Å². The minimum absolute atomic E-state index is 0.474. The Hall–Kier alpha value is -1.19. The highest BCUT2D eigenvalue weighted by Crippen LogP contribution is 2.28. The van der Waals surface area contributed by atoms with E-state index in [4.69, 9.17) is 0 Å². The third-order valence-corrected chi connectivity index (χ3v) is 3.66. The van der Waals surface area contributed by atoms with Crippen LogP contribution in [0.5, 0.6) is 0 Å². The highest BCUT2D eigenvalue weighted by molar-refractivity contribution is 7.09. The van der Waals surface area contributed by atoms with Crippen LogP contribution in [-0.4, -0.2) is 4.98 Å². The summed E-state index contributed by atoms with van der Waals surface area (Å²) in [4.78, 5) is 5.46. The standard InChI is InChI=1S/C12H12N2S/c1-2-4-11-9(3-1)6-14-12(11)5-10-7-13-8-15-10/h1-4,7-8,12,14H,5-6H2. The molecule has 2 heterocycles. The SMILES string of the molecule is c1ccc2c(c1)CNC2Cc1cncs1. The quantitative estimate of drug-likeness (QED) is 0.834. The number of fused-ring (bicyclic) bond motifs is 1. The van der Waals surface area contributed by atoms with Crippen LogP contribution in [0.3, 0.4) is 0 Å². The summed E-state index contributed by atoms with van der Waals surface area (Å²) in [6.07, 6.45) is 3.02. The second-order valence-corrected chi connectivity index (χ2v) is 4.78. The van der Waals surface area contributed by atoms with E-state index >= 15 is 0 Å². The molecule has 1 aromatic carbocycles. The van der Waals surface area contributed by atoms with Gasteiger partial charge in [-0.2, -0.15) is 0 Å². The number of rotatable bonds is 2. The second-order valence-electron chi connectivity index (χ2n) is 3.80. The van der Waals surface area contributed by atoms with Crippen molar-refractivity contribution in [2.45, 2.75) is 19.0 Å². The highest BCUT2D eigenvalue weighted by atomic mass is 32.1. The zero-order valence-corrected chi connectivity index (χ0v) is 9.13. The van der Waals surface area contributed by atoms with Gasteiger partial charge in [-0.25, -0.2) is 0 Å². The van der Waals surface area contributed by atoms with Crippen LogP contribution >= 0.6 is 11.3 Å². The van der Waals surface area contributed by atoms with Gasteiger partial charge < -0.3 is 5.32 Å². The molecule has 0 spiro atoms. The van der Waals surface area contributed by atoms with Gasteiger partial charge in [0.2, 0.25) is 0 Å². The monoisotopic (exact) mass is 216 g/mol. The molecular weight excluding hydrogens is 204 g/mol. The Kier molecular flexibility index (Phi) is 2.27. The van der Waals surface area contributed by atoms with Crippen LogP contribution < -0.4 is 5.32 Å². The van der Waals surface area contributed by atoms with Crippen molar-refractivity contribution < 1.29 is 0 Å². The first-order valence-corrected chi connectivity index (χ1v) is 6.00. The van der Waals surface area contributed by atoms with Gasteiger partial charge in [-0.3, -0.25) is 4.98 Å². The summed E-state index contributed by atoms with van der Waals surface area (Å²) in [6.45, 7) is 1.000. The van der Waals surface area contributed by atoms with E-state index in [0.29, 0.717) is 6.04 Å². The van der Waals surface area contributed by atoms with Crippen LogP contribution in [0.4, 0.5) is 0 Å². The van der Waals surface area contributed by atoms with Gasteiger partial charge in [0.05, 0.1) is 5.51 Å². The number of nitrogens with zero attached hydrogens (tertiary/aromatic N) is 1. The molecule has 0 bridgehead atoms. The Morgan fingerprint density at radius 2 is 2.33 bits per heavy atom. The Morgan fingerprint density at radius 3 is 3.20 bits per heavy atom. The van der Waals surface area contributed by atoms with Gasteiger partial charge >= 0.3 is 0 Å². The maximum absolute atomic E-state index is 4.11. The van der Waals surface area contributed by atoms with Crippen LogP contribution in [0.2, 0.25) is 0 Å². The number of hydrogen-bond acceptors (Lipinski definition) is 3. The van der Waals surface area contributed by atoms with Crippen molar-refractivity contribution in [1.82, 2.24) is 10.3 Å². The van der Waals surface area contributed by atoms with E-state index in [1.54, 1.807) is 11.3 Å². The van der Waals surface area contributed by atoms with E-state index in [0.717, 1.165) is 13.0 Å². The van der Waals surface area contributed by atoms with Crippen molar-refractivity contribution in [2.75, 3.05) is 0 Å². The number of nitrogens with one attached hydrogen (secondary N) is 1. The molecule has 2 aromatic rings. The molecule has 0 saturated heterocycles. The Bertz CT molecular complexity index is 450. The first-order chi connectivity index (χ1) is 7.43. The lowest BCUT2D eigenvalue weighted by atomic mass is 10.0. The number of thiazole rings is 1. The summed E-state index contributed by atoms with van der Waals surface area (Å²) in [5.41, 5.74) is 4.79. The zero-order chi connectivity index (χ0) is 10.1. The second kappa shape index (κ2) is 3.76. The molecule has 0 fully saturated rings. The zero-order valence-electron chi connectivity index (χ0n) is 8.31. The van der Waals surface area contributed by atoms with Crippen LogP contribution in [0, 0.1) is 0 Å². The minimum Gasteiger partial charge on any atom is -0.306 e. The molecule has 1 aliphatic rings. The molecule has 1 aromatic heterocycles. The smallest absolute Gasteiger partial charge is 0.0794 e. The van der Waals surface area contributed by atoms with Crippen molar-refractivity contribution in [3.63, 3.8) is 0 Å². The van der Waals surface area contributed by atoms with Crippen LogP contribution in [-0.2, 0) is 13.0 Å². The number of aromatic nitrogens is 1. The number of benzene rings is 1. The molecule has 1 atom stereocenters. The van der Waals surface area contributed by atoms with Crippen LogP contribution in [0.25, 0.3) is 0 Å². The maximum Gasteiger partial charge on any atom is 0.0794 e. The lowest BCUT2D eigenvalue weighted by Gasteiger charge is -2.09. The molecule has 0 amide bonds. The van der Waals surface area contributed by atoms with Gasteiger partial charge in [-0.05, 0) is 11.1 Å². The normalized spacial score (nSPS) is 19.1. The largest absolute Gasteiger partial charge is 0.306 e. The Morgan fingerprint density at radius 1 is 1.40 bits per heavy atom. The average molecular weight is 216 g/mol.